The molecule has 0 aromatic heterocycles. The Morgan fingerprint density at radius 2 is 2.20 bits per heavy atom. The van der Waals surface area contributed by atoms with Gasteiger partial charge in [0.1, 0.15) is 6.61 Å². The summed E-state index contributed by atoms with van der Waals surface area (Å²) in [6, 6.07) is 5.91. The standard InChI is InChI=1S/C18H21ClN2O4/c1-11-2-3-12(4-15(11)19)9-24-14-7-21(8-14)16(22)13-5-18(6-13)10-25-17(23)20-18/h2-4,13-14H,5-10H2,1H3,(H,20,23)/t13-,18-. The van der Waals surface area contributed by atoms with Crippen molar-refractivity contribution in [1.82, 2.24) is 10.2 Å². The minimum absolute atomic E-state index is 0.0149. The molecule has 0 bridgehead atoms. The Morgan fingerprint density at radius 1 is 1.44 bits per heavy atom. The van der Waals surface area contributed by atoms with Gasteiger partial charge in [0, 0.05) is 24.0 Å². The summed E-state index contributed by atoms with van der Waals surface area (Å²) in [5, 5.41) is 3.56. The number of alkyl carbamates (subject to hydrolysis) is 1. The Kier molecular flexibility index (Phi) is 4.12. The summed E-state index contributed by atoms with van der Waals surface area (Å²) in [5.41, 5.74) is 1.79. The van der Waals surface area contributed by atoms with Crippen LogP contribution in [0.4, 0.5) is 4.79 Å². The molecule has 1 aromatic rings. The van der Waals surface area contributed by atoms with E-state index in [1.807, 2.05) is 30.0 Å². The zero-order valence-corrected chi connectivity index (χ0v) is 14.8. The van der Waals surface area contributed by atoms with Gasteiger partial charge in [-0.2, -0.15) is 0 Å². The lowest BCUT2D eigenvalue weighted by molar-refractivity contribution is -0.155. The number of aryl methyl sites for hydroxylation is 1. The number of nitrogens with one attached hydrogen (secondary N) is 1. The molecule has 6 nitrogen and oxygen atoms in total. The highest BCUT2D eigenvalue weighted by atomic mass is 35.5. The Hall–Kier alpha value is -1.79. The van der Waals surface area contributed by atoms with Gasteiger partial charge in [0.25, 0.3) is 0 Å². The Morgan fingerprint density at radius 3 is 2.84 bits per heavy atom. The Bertz CT molecular complexity index is 711. The van der Waals surface area contributed by atoms with Crippen molar-refractivity contribution in [3.05, 3.63) is 34.3 Å². The molecule has 7 heteroatoms. The molecule has 134 valence electrons. The third-order valence-electron chi connectivity index (χ3n) is 5.35. The van der Waals surface area contributed by atoms with Gasteiger partial charge in [-0.1, -0.05) is 23.7 Å². The number of likely N-dealkylation sites (tertiary alicyclic amines) is 1. The predicted molar refractivity (Wildman–Crippen MR) is 91.3 cm³/mol. The van der Waals surface area contributed by atoms with E-state index in [9.17, 15) is 9.59 Å². The molecule has 2 saturated heterocycles. The van der Waals surface area contributed by atoms with Crippen molar-refractivity contribution in [3.8, 4) is 0 Å². The van der Waals surface area contributed by atoms with Crippen LogP contribution in [0, 0.1) is 12.8 Å². The number of cyclic esters (lactones) is 1. The predicted octanol–water partition coefficient (Wildman–Crippen LogP) is 2.26. The molecule has 25 heavy (non-hydrogen) atoms. The summed E-state index contributed by atoms with van der Waals surface area (Å²) >= 11 is 6.12. The number of ether oxygens (including phenoxy) is 2. The number of benzene rings is 1. The van der Waals surface area contributed by atoms with E-state index in [-0.39, 0.29) is 29.6 Å². The molecule has 1 spiro atoms. The minimum Gasteiger partial charge on any atom is -0.447 e. The number of nitrogens with zero attached hydrogens (tertiary/aromatic N) is 1. The molecule has 2 heterocycles. The maximum atomic E-state index is 12.4. The lowest BCUT2D eigenvalue weighted by atomic mass is 9.68. The first kappa shape index (κ1) is 16.7. The SMILES string of the molecule is Cc1ccc(COC2CN(C(=O)[C@H]3C[C@@]4(COC(=O)N4)C3)C2)cc1Cl. The number of hydrogen-bond donors (Lipinski definition) is 1. The average Bonchev–Trinajstić information content (AvgIpc) is 2.90. The molecule has 0 radical (unpaired) electrons. The molecule has 4 rings (SSSR count). The second kappa shape index (κ2) is 6.18. The number of carbonyl (C=O) groups excluding carboxylic acids is 2. The molecule has 1 N–H and O–H groups in total. The molecular formula is C18H21ClN2O4. The number of carbonyl (C=O) groups is 2. The smallest absolute Gasteiger partial charge is 0.407 e. The topological polar surface area (TPSA) is 67.9 Å². The van der Waals surface area contributed by atoms with E-state index in [0.29, 0.717) is 39.1 Å². The van der Waals surface area contributed by atoms with Gasteiger partial charge in [0.15, 0.2) is 0 Å². The molecule has 2 amide bonds. The zero-order valence-electron chi connectivity index (χ0n) is 14.1. The van der Waals surface area contributed by atoms with Crippen molar-refractivity contribution in [3.63, 3.8) is 0 Å². The van der Waals surface area contributed by atoms with Crippen LogP contribution in [0.15, 0.2) is 18.2 Å². The minimum atomic E-state index is -0.375. The van der Waals surface area contributed by atoms with Crippen molar-refractivity contribution in [2.45, 2.75) is 38.0 Å². The highest BCUT2D eigenvalue weighted by molar-refractivity contribution is 6.31. The van der Waals surface area contributed by atoms with Crippen LogP contribution < -0.4 is 5.32 Å². The number of amides is 2. The van der Waals surface area contributed by atoms with Crippen LogP contribution in [0.3, 0.4) is 0 Å². The highest BCUT2D eigenvalue weighted by Crippen LogP contribution is 2.42. The van der Waals surface area contributed by atoms with E-state index in [0.717, 1.165) is 16.1 Å². The first-order valence-corrected chi connectivity index (χ1v) is 8.92. The number of halogens is 1. The van der Waals surface area contributed by atoms with Crippen molar-refractivity contribution < 1.29 is 19.1 Å². The fraction of sp³-hybridized carbons (Fsp3) is 0.556. The summed E-state index contributed by atoms with van der Waals surface area (Å²) in [4.78, 5) is 25.4. The zero-order chi connectivity index (χ0) is 17.6. The lowest BCUT2D eigenvalue weighted by Crippen LogP contribution is -2.62. The molecule has 1 aromatic carbocycles. The van der Waals surface area contributed by atoms with Gasteiger partial charge in [0.2, 0.25) is 5.91 Å². The number of rotatable bonds is 4. The van der Waals surface area contributed by atoms with E-state index in [2.05, 4.69) is 5.32 Å². The monoisotopic (exact) mass is 364 g/mol. The van der Waals surface area contributed by atoms with E-state index in [4.69, 9.17) is 21.1 Å². The summed E-state index contributed by atoms with van der Waals surface area (Å²) in [6.07, 6.45) is 1.04. The molecule has 1 aliphatic carbocycles. The highest BCUT2D eigenvalue weighted by Gasteiger charge is 2.54. The summed E-state index contributed by atoms with van der Waals surface area (Å²) < 4.78 is 10.8. The molecule has 0 unspecified atom stereocenters. The summed E-state index contributed by atoms with van der Waals surface area (Å²) in [6.45, 7) is 4.11. The largest absolute Gasteiger partial charge is 0.447 e. The maximum absolute atomic E-state index is 12.4. The fourth-order valence-electron chi connectivity index (χ4n) is 3.69. The van der Waals surface area contributed by atoms with Crippen molar-refractivity contribution in [1.29, 1.82) is 0 Å². The molecule has 0 atom stereocenters. The number of hydrogen-bond acceptors (Lipinski definition) is 4. The Balaban J connectivity index is 1.20. The Labute approximate surface area is 151 Å². The summed E-state index contributed by atoms with van der Waals surface area (Å²) in [5.74, 6) is 0.142. The van der Waals surface area contributed by atoms with Crippen LogP contribution in [-0.4, -0.2) is 48.2 Å². The van der Waals surface area contributed by atoms with E-state index in [1.165, 1.54) is 0 Å². The lowest BCUT2D eigenvalue weighted by Gasteiger charge is -2.47. The first-order chi connectivity index (χ1) is 11.9. The van der Waals surface area contributed by atoms with Gasteiger partial charge >= 0.3 is 6.09 Å². The van der Waals surface area contributed by atoms with Gasteiger partial charge in [-0.25, -0.2) is 4.79 Å². The van der Waals surface area contributed by atoms with Gasteiger partial charge < -0.3 is 19.7 Å². The van der Waals surface area contributed by atoms with Gasteiger partial charge in [0.05, 0.1) is 18.2 Å². The van der Waals surface area contributed by atoms with Crippen molar-refractivity contribution in [2.75, 3.05) is 19.7 Å². The van der Waals surface area contributed by atoms with Gasteiger partial charge in [-0.15, -0.1) is 0 Å². The van der Waals surface area contributed by atoms with Gasteiger partial charge in [-0.3, -0.25) is 4.79 Å². The van der Waals surface area contributed by atoms with E-state index < -0.39 is 0 Å². The van der Waals surface area contributed by atoms with Crippen LogP contribution in [0.2, 0.25) is 5.02 Å². The first-order valence-electron chi connectivity index (χ1n) is 8.54. The molecule has 1 saturated carbocycles. The molecular weight excluding hydrogens is 344 g/mol. The maximum Gasteiger partial charge on any atom is 0.407 e. The third kappa shape index (κ3) is 3.20. The second-order valence-corrected chi connectivity index (χ2v) is 7.75. The van der Waals surface area contributed by atoms with Crippen molar-refractivity contribution >= 4 is 23.6 Å². The molecule has 3 aliphatic rings. The van der Waals surface area contributed by atoms with Crippen LogP contribution >= 0.6 is 11.6 Å². The molecule has 3 fully saturated rings. The average molecular weight is 365 g/mol. The van der Waals surface area contributed by atoms with E-state index >= 15 is 0 Å². The van der Waals surface area contributed by atoms with E-state index in [1.54, 1.807) is 0 Å². The fourth-order valence-corrected chi connectivity index (χ4v) is 3.90. The van der Waals surface area contributed by atoms with Crippen LogP contribution in [0.1, 0.15) is 24.0 Å². The normalized spacial score (nSPS) is 28.3. The quantitative estimate of drug-likeness (QED) is 0.889. The summed E-state index contributed by atoms with van der Waals surface area (Å²) in [7, 11) is 0. The third-order valence-corrected chi connectivity index (χ3v) is 5.76. The van der Waals surface area contributed by atoms with Crippen LogP contribution in [0.25, 0.3) is 0 Å². The molecule has 2 aliphatic heterocycles. The van der Waals surface area contributed by atoms with Crippen LogP contribution in [-0.2, 0) is 20.9 Å². The van der Waals surface area contributed by atoms with Crippen molar-refractivity contribution in [2.24, 2.45) is 5.92 Å². The second-order valence-electron chi connectivity index (χ2n) is 7.35. The van der Waals surface area contributed by atoms with Crippen LogP contribution in [0.5, 0.6) is 0 Å². The van der Waals surface area contributed by atoms with Gasteiger partial charge in [-0.05, 0) is 37.0 Å².